The topological polar surface area (TPSA) is 67.3 Å². The zero-order valence-corrected chi connectivity index (χ0v) is 10.1. The van der Waals surface area contributed by atoms with Crippen LogP contribution in [0.5, 0.6) is 5.75 Å². The van der Waals surface area contributed by atoms with Crippen molar-refractivity contribution in [2.45, 2.75) is 13.2 Å². The van der Waals surface area contributed by atoms with E-state index in [1.54, 1.807) is 19.2 Å². The quantitative estimate of drug-likeness (QED) is 0.837. The first-order valence-electron chi connectivity index (χ1n) is 5.62. The van der Waals surface area contributed by atoms with E-state index in [-0.39, 0.29) is 6.61 Å². The van der Waals surface area contributed by atoms with E-state index in [0.717, 1.165) is 11.3 Å². The number of rotatable bonds is 5. The van der Waals surface area contributed by atoms with E-state index in [0.29, 0.717) is 18.1 Å². The van der Waals surface area contributed by atoms with Crippen LogP contribution in [0.2, 0.25) is 0 Å². The van der Waals surface area contributed by atoms with Gasteiger partial charge in [0, 0.05) is 6.54 Å². The summed E-state index contributed by atoms with van der Waals surface area (Å²) in [5.41, 5.74) is 1.69. The standard InChI is InChI=1S/C13H15N3O2/c1-18-12-5-2-10(3-6-12)8-14-13-7-4-11(9-17)15-16-13/h2-7,17H,8-9H2,1H3,(H,14,16). The molecule has 0 unspecified atom stereocenters. The Labute approximate surface area is 105 Å². The van der Waals surface area contributed by atoms with Crippen LogP contribution in [0.3, 0.4) is 0 Å². The number of anilines is 1. The van der Waals surface area contributed by atoms with E-state index >= 15 is 0 Å². The Hall–Kier alpha value is -2.14. The van der Waals surface area contributed by atoms with Crippen LogP contribution < -0.4 is 10.1 Å². The van der Waals surface area contributed by atoms with Gasteiger partial charge in [-0.05, 0) is 29.8 Å². The van der Waals surface area contributed by atoms with E-state index < -0.39 is 0 Å². The number of benzene rings is 1. The first-order valence-corrected chi connectivity index (χ1v) is 5.62. The third kappa shape index (κ3) is 3.18. The molecule has 94 valence electrons. The lowest BCUT2D eigenvalue weighted by molar-refractivity contribution is 0.275. The molecule has 0 radical (unpaired) electrons. The van der Waals surface area contributed by atoms with Crippen molar-refractivity contribution in [3.05, 3.63) is 47.7 Å². The molecule has 0 saturated carbocycles. The molecule has 1 aromatic heterocycles. The Bertz CT molecular complexity index is 435. The monoisotopic (exact) mass is 245 g/mol. The number of aromatic nitrogens is 2. The molecule has 0 aliphatic rings. The van der Waals surface area contributed by atoms with Crippen molar-refractivity contribution in [2.75, 3.05) is 12.4 Å². The predicted octanol–water partition coefficient (Wildman–Crippen LogP) is 1.59. The van der Waals surface area contributed by atoms with Crippen LogP contribution in [0, 0.1) is 0 Å². The fraction of sp³-hybridized carbons (Fsp3) is 0.231. The summed E-state index contributed by atoms with van der Waals surface area (Å²) >= 11 is 0. The van der Waals surface area contributed by atoms with Crippen LogP contribution in [0.15, 0.2) is 36.4 Å². The summed E-state index contributed by atoms with van der Waals surface area (Å²) in [5, 5.41) is 19.8. The van der Waals surface area contributed by atoms with Gasteiger partial charge in [0.25, 0.3) is 0 Å². The van der Waals surface area contributed by atoms with Gasteiger partial charge >= 0.3 is 0 Å². The maximum absolute atomic E-state index is 8.85. The smallest absolute Gasteiger partial charge is 0.148 e. The lowest BCUT2D eigenvalue weighted by atomic mass is 10.2. The summed E-state index contributed by atoms with van der Waals surface area (Å²) in [7, 11) is 1.64. The fourth-order valence-corrected chi connectivity index (χ4v) is 1.47. The number of ether oxygens (including phenoxy) is 1. The van der Waals surface area contributed by atoms with Crippen LogP contribution >= 0.6 is 0 Å². The lowest BCUT2D eigenvalue weighted by Crippen LogP contribution is -2.03. The summed E-state index contributed by atoms with van der Waals surface area (Å²) in [6.45, 7) is 0.572. The summed E-state index contributed by atoms with van der Waals surface area (Å²) < 4.78 is 5.09. The molecule has 5 nitrogen and oxygen atoms in total. The summed E-state index contributed by atoms with van der Waals surface area (Å²) in [6, 6.07) is 11.3. The van der Waals surface area contributed by atoms with E-state index in [4.69, 9.17) is 9.84 Å². The molecular formula is C13H15N3O2. The molecule has 5 heteroatoms. The molecule has 0 aliphatic carbocycles. The number of aliphatic hydroxyl groups excluding tert-OH is 1. The second-order valence-corrected chi connectivity index (χ2v) is 3.77. The van der Waals surface area contributed by atoms with Crippen LogP contribution in [0.1, 0.15) is 11.3 Å². The maximum atomic E-state index is 8.85. The Morgan fingerprint density at radius 1 is 1.11 bits per heavy atom. The van der Waals surface area contributed by atoms with Crippen LogP contribution in [-0.2, 0) is 13.2 Å². The molecule has 0 fully saturated rings. The predicted molar refractivity (Wildman–Crippen MR) is 68.3 cm³/mol. The van der Waals surface area contributed by atoms with Gasteiger partial charge in [-0.25, -0.2) is 0 Å². The van der Waals surface area contributed by atoms with Crippen LogP contribution in [0.4, 0.5) is 5.82 Å². The van der Waals surface area contributed by atoms with Gasteiger partial charge in [0.1, 0.15) is 11.6 Å². The Morgan fingerprint density at radius 2 is 1.89 bits per heavy atom. The number of nitrogens with one attached hydrogen (secondary N) is 1. The Morgan fingerprint density at radius 3 is 2.44 bits per heavy atom. The van der Waals surface area contributed by atoms with Crippen LogP contribution in [0.25, 0.3) is 0 Å². The van der Waals surface area contributed by atoms with Gasteiger partial charge in [0.15, 0.2) is 0 Å². The van der Waals surface area contributed by atoms with Crippen LogP contribution in [-0.4, -0.2) is 22.4 Å². The largest absolute Gasteiger partial charge is 0.497 e. The molecule has 1 aromatic carbocycles. The van der Waals surface area contributed by atoms with Crippen molar-refractivity contribution in [1.82, 2.24) is 10.2 Å². The molecule has 0 amide bonds. The molecule has 2 rings (SSSR count). The number of aliphatic hydroxyl groups is 1. The average molecular weight is 245 g/mol. The molecule has 2 N–H and O–H groups in total. The third-order valence-corrected chi connectivity index (χ3v) is 2.51. The number of methoxy groups -OCH3 is 1. The van der Waals surface area contributed by atoms with Gasteiger partial charge in [0.2, 0.25) is 0 Å². The Balaban J connectivity index is 1.93. The molecule has 1 heterocycles. The van der Waals surface area contributed by atoms with E-state index in [2.05, 4.69) is 15.5 Å². The highest BCUT2D eigenvalue weighted by Gasteiger charge is 1.98. The molecule has 0 saturated heterocycles. The first-order chi connectivity index (χ1) is 8.81. The lowest BCUT2D eigenvalue weighted by Gasteiger charge is -2.06. The second-order valence-electron chi connectivity index (χ2n) is 3.77. The fourth-order valence-electron chi connectivity index (χ4n) is 1.47. The van der Waals surface area contributed by atoms with E-state index in [9.17, 15) is 0 Å². The Kier molecular flexibility index (Phi) is 4.09. The van der Waals surface area contributed by atoms with Gasteiger partial charge in [-0.3, -0.25) is 0 Å². The van der Waals surface area contributed by atoms with Crippen molar-refractivity contribution in [3.63, 3.8) is 0 Å². The highest BCUT2D eigenvalue weighted by molar-refractivity contribution is 5.35. The van der Waals surface area contributed by atoms with Gasteiger partial charge in [0.05, 0.1) is 19.4 Å². The van der Waals surface area contributed by atoms with Crippen molar-refractivity contribution in [1.29, 1.82) is 0 Å². The highest BCUT2D eigenvalue weighted by atomic mass is 16.5. The molecule has 0 aliphatic heterocycles. The first kappa shape index (κ1) is 12.3. The molecular weight excluding hydrogens is 230 g/mol. The molecule has 0 atom stereocenters. The summed E-state index contributed by atoms with van der Waals surface area (Å²) in [4.78, 5) is 0. The van der Waals surface area contributed by atoms with Gasteiger partial charge in [-0.2, -0.15) is 5.10 Å². The minimum absolute atomic E-state index is 0.0915. The normalized spacial score (nSPS) is 10.1. The van der Waals surface area contributed by atoms with Gasteiger partial charge in [-0.1, -0.05) is 12.1 Å². The van der Waals surface area contributed by atoms with E-state index in [1.807, 2.05) is 24.3 Å². The molecule has 2 aromatic rings. The molecule has 0 bridgehead atoms. The van der Waals surface area contributed by atoms with Crippen molar-refractivity contribution in [3.8, 4) is 5.75 Å². The van der Waals surface area contributed by atoms with Gasteiger partial charge < -0.3 is 15.2 Å². The molecule has 0 spiro atoms. The van der Waals surface area contributed by atoms with Crippen molar-refractivity contribution >= 4 is 5.82 Å². The van der Waals surface area contributed by atoms with Crippen molar-refractivity contribution in [2.24, 2.45) is 0 Å². The summed E-state index contributed by atoms with van der Waals surface area (Å²) in [6.07, 6.45) is 0. The highest BCUT2D eigenvalue weighted by Crippen LogP contribution is 2.12. The van der Waals surface area contributed by atoms with E-state index in [1.165, 1.54) is 0 Å². The minimum Gasteiger partial charge on any atom is -0.497 e. The SMILES string of the molecule is COc1ccc(CNc2ccc(CO)nn2)cc1. The van der Waals surface area contributed by atoms with Gasteiger partial charge in [-0.15, -0.1) is 5.10 Å². The van der Waals surface area contributed by atoms with Crippen molar-refractivity contribution < 1.29 is 9.84 Å². The average Bonchev–Trinajstić information content (AvgIpc) is 2.46. The number of hydrogen-bond donors (Lipinski definition) is 2. The minimum atomic E-state index is -0.0915. The number of nitrogens with zero attached hydrogens (tertiary/aromatic N) is 2. The number of hydrogen-bond acceptors (Lipinski definition) is 5. The third-order valence-electron chi connectivity index (χ3n) is 2.51. The maximum Gasteiger partial charge on any atom is 0.148 e. The second kappa shape index (κ2) is 5.97. The molecule has 18 heavy (non-hydrogen) atoms. The zero-order chi connectivity index (χ0) is 12.8. The summed E-state index contributed by atoms with van der Waals surface area (Å²) in [5.74, 6) is 1.52. The zero-order valence-electron chi connectivity index (χ0n) is 10.1.